The van der Waals surface area contributed by atoms with E-state index < -0.39 is 11.7 Å². The van der Waals surface area contributed by atoms with Gasteiger partial charge in [0, 0.05) is 30.7 Å². The number of anilines is 1. The molecule has 1 aliphatic heterocycles. The van der Waals surface area contributed by atoms with E-state index in [0.29, 0.717) is 19.8 Å². The Labute approximate surface area is 143 Å². The van der Waals surface area contributed by atoms with Crippen molar-refractivity contribution >= 4 is 5.95 Å². The molecular weight excluding hydrogens is 335 g/mol. The van der Waals surface area contributed by atoms with Gasteiger partial charge >= 0.3 is 6.18 Å². The van der Waals surface area contributed by atoms with Crippen LogP contribution in [0.25, 0.3) is 5.82 Å². The van der Waals surface area contributed by atoms with Crippen LogP contribution in [-0.4, -0.2) is 45.9 Å². The summed E-state index contributed by atoms with van der Waals surface area (Å²) in [6.45, 7) is 5.60. The molecule has 1 aliphatic rings. The lowest BCUT2D eigenvalue weighted by Crippen LogP contribution is -2.45. The predicted molar refractivity (Wildman–Crippen MR) is 86.7 cm³/mol. The zero-order valence-corrected chi connectivity index (χ0v) is 14.0. The third-order valence-corrected chi connectivity index (χ3v) is 3.87. The quantitative estimate of drug-likeness (QED) is 0.886. The standard InChI is InChI=1S/C16H20F3N5O/c1-15(2)10-25-9-11(7-21-15)22-14-20-8-12(16(17,18)19)13(23-14)24-5-3-4-6-24/h3-6,8,11,21H,7,9-10H2,1-2H3,(H,20,22,23). The van der Waals surface area contributed by atoms with E-state index in [0.717, 1.165) is 6.20 Å². The van der Waals surface area contributed by atoms with Gasteiger partial charge in [-0.1, -0.05) is 0 Å². The summed E-state index contributed by atoms with van der Waals surface area (Å²) in [4.78, 5) is 7.92. The topological polar surface area (TPSA) is 64.0 Å². The maximum Gasteiger partial charge on any atom is 0.421 e. The number of nitrogens with one attached hydrogen (secondary N) is 2. The number of aromatic nitrogens is 3. The molecule has 0 amide bonds. The Bertz CT molecular complexity index is 715. The summed E-state index contributed by atoms with van der Waals surface area (Å²) in [5.74, 6) is -0.0790. The number of rotatable bonds is 3. The van der Waals surface area contributed by atoms with Gasteiger partial charge in [0.05, 0.1) is 19.3 Å². The maximum atomic E-state index is 13.2. The van der Waals surface area contributed by atoms with Gasteiger partial charge < -0.3 is 19.9 Å². The van der Waals surface area contributed by atoms with E-state index in [-0.39, 0.29) is 23.3 Å². The average Bonchev–Trinajstić information content (AvgIpc) is 3.00. The summed E-state index contributed by atoms with van der Waals surface area (Å²) in [7, 11) is 0. The molecule has 136 valence electrons. The Balaban J connectivity index is 1.84. The zero-order chi connectivity index (χ0) is 18.1. The Kier molecular flexibility index (Phi) is 4.70. The van der Waals surface area contributed by atoms with Gasteiger partial charge in [-0.05, 0) is 26.0 Å². The Morgan fingerprint density at radius 3 is 2.72 bits per heavy atom. The van der Waals surface area contributed by atoms with Crippen LogP contribution in [0.4, 0.5) is 19.1 Å². The molecule has 2 aromatic heterocycles. The monoisotopic (exact) mass is 355 g/mol. The maximum absolute atomic E-state index is 13.2. The number of hydrogen-bond acceptors (Lipinski definition) is 5. The molecule has 0 aromatic carbocycles. The number of halogens is 3. The average molecular weight is 355 g/mol. The van der Waals surface area contributed by atoms with Gasteiger partial charge in [0.1, 0.15) is 5.56 Å². The zero-order valence-electron chi connectivity index (χ0n) is 14.0. The van der Waals surface area contributed by atoms with Crippen molar-refractivity contribution in [3.8, 4) is 5.82 Å². The number of ether oxygens (including phenoxy) is 1. The summed E-state index contributed by atoms with van der Waals surface area (Å²) in [6, 6.07) is 3.14. The molecule has 25 heavy (non-hydrogen) atoms. The molecule has 1 saturated heterocycles. The minimum Gasteiger partial charge on any atom is -0.377 e. The molecule has 0 spiro atoms. The van der Waals surface area contributed by atoms with Crippen LogP contribution in [0.15, 0.2) is 30.7 Å². The van der Waals surface area contributed by atoms with Crippen molar-refractivity contribution in [3.63, 3.8) is 0 Å². The normalized spacial score (nSPS) is 20.9. The highest BCUT2D eigenvalue weighted by Gasteiger charge is 2.36. The van der Waals surface area contributed by atoms with Crippen LogP contribution in [0, 0.1) is 0 Å². The van der Waals surface area contributed by atoms with Crippen molar-refractivity contribution in [2.45, 2.75) is 31.6 Å². The first-order chi connectivity index (χ1) is 11.7. The van der Waals surface area contributed by atoms with Crippen molar-refractivity contribution in [3.05, 3.63) is 36.3 Å². The fraction of sp³-hybridized carbons (Fsp3) is 0.500. The number of hydrogen-bond donors (Lipinski definition) is 2. The lowest BCUT2D eigenvalue weighted by molar-refractivity contribution is -0.137. The molecule has 2 aromatic rings. The second-order valence-electron chi connectivity index (χ2n) is 6.64. The molecule has 3 rings (SSSR count). The van der Waals surface area contributed by atoms with Crippen molar-refractivity contribution in [1.82, 2.24) is 19.9 Å². The molecule has 2 N–H and O–H groups in total. The van der Waals surface area contributed by atoms with E-state index in [9.17, 15) is 13.2 Å². The van der Waals surface area contributed by atoms with Gasteiger partial charge in [0.25, 0.3) is 0 Å². The smallest absolute Gasteiger partial charge is 0.377 e. The van der Waals surface area contributed by atoms with Gasteiger partial charge in [-0.3, -0.25) is 0 Å². The van der Waals surface area contributed by atoms with Gasteiger partial charge in [-0.15, -0.1) is 0 Å². The molecular formula is C16H20F3N5O. The second-order valence-corrected chi connectivity index (χ2v) is 6.64. The summed E-state index contributed by atoms with van der Waals surface area (Å²) in [5, 5.41) is 6.39. The first-order valence-electron chi connectivity index (χ1n) is 7.91. The van der Waals surface area contributed by atoms with Gasteiger partial charge in [0.15, 0.2) is 5.82 Å². The van der Waals surface area contributed by atoms with E-state index >= 15 is 0 Å². The first-order valence-corrected chi connectivity index (χ1v) is 7.91. The molecule has 0 saturated carbocycles. The third-order valence-electron chi connectivity index (χ3n) is 3.87. The molecule has 6 nitrogen and oxygen atoms in total. The van der Waals surface area contributed by atoms with E-state index in [1.165, 1.54) is 17.0 Å². The van der Waals surface area contributed by atoms with E-state index in [1.54, 1.807) is 12.1 Å². The molecule has 1 atom stereocenters. The van der Waals surface area contributed by atoms with Crippen molar-refractivity contribution in [1.29, 1.82) is 0 Å². The first kappa shape index (κ1) is 17.7. The van der Waals surface area contributed by atoms with E-state index in [1.807, 2.05) is 13.8 Å². The van der Waals surface area contributed by atoms with Crippen LogP contribution >= 0.6 is 0 Å². The Morgan fingerprint density at radius 1 is 1.32 bits per heavy atom. The molecule has 9 heteroatoms. The molecule has 1 unspecified atom stereocenters. The van der Waals surface area contributed by atoms with Crippen LogP contribution in [0.2, 0.25) is 0 Å². The molecule has 3 heterocycles. The Hall–Kier alpha value is -2.13. The van der Waals surface area contributed by atoms with Crippen LogP contribution < -0.4 is 10.6 Å². The van der Waals surface area contributed by atoms with Crippen LogP contribution in [0.3, 0.4) is 0 Å². The SMILES string of the molecule is CC1(C)COCC(Nc2ncc(C(F)(F)F)c(-n3cccc3)n2)CN1. The third kappa shape index (κ3) is 4.29. The van der Waals surface area contributed by atoms with Crippen LogP contribution in [0.5, 0.6) is 0 Å². The van der Waals surface area contributed by atoms with Gasteiger partial charge in [-0.2, -0.15) is 18.2 Å². The van der Waals surface area contributed by atoms with Crippen LogP contribution in [0.1, 0.15) is 19.4 Å². The molecule has 0 radical (unpaired) electrons. The van der Waals surface area contributed by atoms with E-state index in [2.05, 4.69) is 20.6 Å². The van der Waals surface area contributed by atoms with Crippen molar-refractivity contribution < 1.29 is 17.9 Å². The highest BCUT2D eigenvalue weighted by molar-refractivity contribution is 5.41. The van der Waals surface area contributed by atoms with Crippen LogP contribution in [-0.2, 0) is 10.9 Å². The number of nitrogens with zero attached hydrogens (tertiary/aromatic N) is 3. The fourth-order valence-corrected chi connectivity index (χ4v) is 2.56. The summed E-state index contributed by atoms with van der Waals surface area (Å²) in [6.07, 6.45) is -0.699. The Morgan fingerprint density at radius 2 is 2.04 bits per heavy atom. The molecule has 0 bridgehead atoms. The predicted octanol–water partition coefficient (Wildman–Crippen LogP) is 2.46. The summed E-state index contributed by atoms with van der Waals surface area (Å²) >= 11 is 0. The molecule has 1 fully saturated rings. The van der Waals surface area contributed by atoms with Crippen molar-refractivity contribution in [2.24, 2.45) is 0 Å². The van der Waals surface area contributed by atoms with Gasteiger partial charge in [-0.25, -0.2) is 4.98 Å². The lowest BCUT2D eigenvalue weighted by Gasteiger charge is -2.23. The lowest BCUT2D eigenvalue weighted by atomic mass is 10.1. The fourth-order valence-electron chi connectivity index (χ4n) is 2.56. The highest BCUT2D eigenvalue weighted by atomic mass is 19.4. The van der Waals surface area contributed by atoms with Crippen molar-refractivity contribution in [2.75, 3.05) is 25.1 Å². The van der Waals surface area contributed by atoms with E-state index in [4.69, 9.17) is 4.74 Å². The summed E-state index contributed by atoms with van der Waals surface area (Å²) < 4.78 is 46.6. The largest absolute Gasteiger partial charge is 0.421 e. The summed E-state index contributed by atoms with van der Waals surface area (Å²) in [5.41, 5.74) is -1.04. The second kappa shape index (κ2) is 6.64. The number of alkyl halides is 3. The highest BCUT2D eigenvalue weighted by Crippen LogP contribution is 2.33. The minimum atomic E-state index is -4.53. The van der Waals surface area contributed by atoms with Gasteiger partial charge in [0.2, 0.25) is 5.95 Å². The molecule has 0 aliphatic carbocycles. The minimum absolute atomic E-state index is 0.131.